The molecule has 0 N–H and O–H groups in total. The maximum absolute atomic E-state index is 5.23. The highest BCUT2D eigenvalue weighted by molar-refractivity contribution is 7.80. The summed E-state index contributed by atoms with van der Waals surface area (Å²) < 4.78 is 0. The third-order valence-electron chi connectivity index (χ3n) is 1.79. The van der Waals surface area contributed by atoms with Gasteiger partial charge in [-0.25, -0.2) is 0 Å². The van der Waals surface area contributed by atoms with Crippen LogP contribution in [0.4, 0.5) is 0 Å². The van der Waals surface area contributed by atoms with E-state index in [4.69, 9.17) is 12.2 Å². The molecule has 0 amide bonds. The number of unbranched alkanes of at least 4 members (excludes halogenated alkanes) is 1. The highest BCUT2D eigenvalue weighted by Gasteiger charge is 1.98. The summed E-state index contributed by atoms with van der Waals surface area (Å²) in [5.41, 5.74) is 0. The maximum atomic E-state index is 5.23. The first-order chi connectivity index (χ1) is 5.76. The third-order valence-corrected chi connectivity index (χ3v) is 2.19. The van der Waals surface area contributed by atoms with Crippen LogP contribution in [0.1, 0.15) is 33.6 Å². The van der Waals surface area contributed by atoms with E-state index in [2.05, 4.69) is 31.7 Å². The minimum absolute atomic E-state index is 0.966. The molecule has 1 nitrogen and oxygen atoms in total. The average Bonchev–Trinajstić information content (AvgIpc) is 2.07. The van der Waals surface area contributed by atoms with Gasteiger partial charge in [-0.3, -0.25) is 0 Å². The summed E-state index contributed by atoms with van der Waals surface area (Å²) in [6, 6.07) is 0. The summed E-state index contributed by atoms with van der Waals surface area (Å²) in [4.78, 5) is 3.15. The lowest BCUT2D eigenvalue weighted by molar-refractivity contribution is 0.476. The summed E-state index contributed by atoms with van der Waals surface area (Å²) in [5, 5.41) is 0. The molecule has 0 radical (unpaired) electrons. The van der Waals surface area contributed by atoms with Gasteiger partial charge in [0.15, 0.2) is 0 Å². The van der Waals surface area contributed by atoms with Crippen LogP contribution in [0.25, 0.3) is 0 Å². The lowest BCUT2D eigenvalue weighted by Gasteiger charge is -2.18. The van der Waals surface area contributed by atoms with Crippen molar-refractivity contribution in [2.45, 2.75) is 33.6 Å². The summed E-state index contributed by atoms with van der Waals surface area (Å²) in [6.07, 6.45) is 6.52. The minimum Gasteiger partial charge on any atom is -0.363 e. The standard InChI is InChI=1S/C10H19NS/c1-4-7-8-9-10(12)11(5-2)6-3/h8-9H,4-7H2,1-3H3. The smallest absolute Gasteiger partial charge is 0.101 e. The van der Waals surface area contributed by atoms with Gasteiger partial charge in [-0.1, -0.05) is 31.6 Å². The van der Waals surface area contributed by atoms with Crippen molar-refractivity contribution >= 4 is 17.2 Å². The lowest BCUT2D eigenvalue weighted by Crippen LogP contribution is -2.27. The molecule has 0 rings (SSSR count). The van der Waals surface area contributed by atoms with Gasteiger partial charge in [-0.05, 0) is 26.3 Å². The van der Waals surface area contributed by atoms with Crippen molar-refractivity contribution in [3.8, 4) is 0 Å². The fourth-order valence-electron chi connectivity index (χ4n) is 0.992. The highest BCUT2D eigenvalue weighted by Crippen LogP contribution is 1.96. The van der Waals surface area contributed by atoms with Crippen LogP contribution < -0.4 is 0 Å². The zero-order valence-corrected chi connectivity index (χ0v) is 9.16. The van der Waals surface area contributed by atoms with Crippen molar-refractivity contribution in [3.05, 3.63) is 12.2 Å². The van der Waals surface area contributed by atoms with Gasteiger partial charge in [0.05, 0.1) is 0 Å². The van der Waals surface area contributed by atoms with Crippen molar-refractivity contribution in [2.75, 3.05) is 13.1 Å². The fraction of sp³-hybridized carbons (Fsp3) is 0.700. The van der Waals surface area contributed by atoms with Gasteiger partial charge < -0.3 is 4.90 Å². The van der Waals surface area contributed by atoms with E-state index >= 15 is 0 Å². The molecule has 0 heterocycles. The van der Waals surface area contributed by atoms with Gasteiger partial charge in [0.2, 0.25) is 0 Å². The summed E-state index contributed by atoms with van der Waals surface area (Å²) in [5.74, 6) is 0. The van der Waals surface area contributed by atoms with Gasteiger partial charge in [0.1, 0.15) is 4.99 Å². The van der Waals surface area contributed by atoms with Crippen molar-refractivity contribution in [1.82, 2.24) is 4.90 Å². The predicted octanol–water partition coefficient (Wildman–Crippen LogP) is 3.01. The van der Waals surface area contributed by atoms with Gasteiger partial charge >= 0.3 is 0 Å². The van der Waals surface area contributed by atoms with Gasteiger partial charge in [-0.15, -0.1) is 0 Å². The molecule has 0 atom stereocenters. The number of hydrogen-bond donors (Lipinski definition) is 0. The lowest BCUT2D eigenvalue weighted by atomic mass is 10.3. The molecule has 0 spiro atoms. The van der Waals surface area contributed by atoms with Crippen LogP contribution in [0.5, 0.6) is 0 Å². The van der Waals surface area contributed by atoms with Gasteiger partial charge in [0, 0.05) is 13.1 Å². The van der Waals surface area contributed by atoms with Crippen LogP contribution in [0.15, 0.2) is 12.2 Å². The van der Waals surface area contributed by atoms with E-state index in [9.17, 15) is 0 Å². The van der Waals surface area contributed by atoms with E-state index in [0.717, 1.165) is 24.5 Å². The van der Waals surface area contributed by atoms with E-state index in [1.807, 2.05) is 6.08 Å². The van der Waals surface area contributed by atoms with Crippen LogP contribution in [0, 0.1) is 0 Å². The molecule has 0 aromatic carbocycles. The van der Waals surface area contributed by atoms with Crippen molar-refractivity contribution in [1.29, 1.82) is 0 Å². The fourth-order valence-corrected chi connectivity index (χ4v) is 1.35. The molecule has 0 unspecified atom stereocenters. The molecule has 0 aliphatic rings. The predicted molar refractivity (Wildman–Crippen MR) is 59.6 cm³/mol. The Labute approximate surface area is 81.5 Å². The molecule has 0 fully saturated rings. The molecular weight excluding hydrogens is 166 g/mol. The van der Waals surface area contributed by atoms with Crippen molar-refractivity contribution in [3.63, 3.8) is 0 Å². The van der Waals surface area contributed by atoms with E-state index in [-0.39, 0.29) is 0 Å². The Morgan fingerprint density at radius 1 is 1.25 bits per heavy atom. The van der Waals surface area contributed by atoms with Crippen LogP contribution in [0.2, 0.25) is 0 Å². The number of rotatable bonds is 5. The molecule has 0 bridgehead atoms. The molecule has 0 aromatic heterocycles. The third kappa shape index (κ3) is 4.50. The van der Waals surface area contributed by atoms with Crippen molar-refractivity contribution in [2.24, 2.45) is 0 Å². The first-order valence-corrected chi connectivity index (χ1v) is 5.12. The molecule has 0 saturated heterocycles. The van der Waals surface area contributed by atoms with Crippen LogP contribution in [-0.4, -0.2) is 23.0 Å². The van der Waals surface area contributed by atoms with E-state index < -0.39 is 0 Å². The Bertz CT molecular complexity index is 148. The summed E-state index contributed by atoms with van der Waals surface area (Å²) >= 11 is 5.23. The second kappa shape index (κ2) is 7.29. The summed E-state index contributed by atoms with van der Waals surface area (Å²) in [7, 11) is 0. The first-order valence-electron chi connectivity index (χ1n) is 4.71. The Morgan fingerprint density at radius 2 is 1.83 bits per heavy atom. The normalized spacial score (nSPS) is 10.6. The molecule has 0 aliphatic carbocycles. The number of likely N-dealkylation sites (N-methyl/N-ethyl adjacent to an activating group) is 1. The Morgan fingerprint density at radius 3 is 2.25 bits per heavy atom. The molecule has 0 aliphatic heterocycles. The molecule has 12 heavy (non-hydrogen) atoms. The largest absolute Gasteiger partial charge is 0.363 e. The Balaban J connectivity index is 3.83. The molecule has 2 heteroatoms. The average molecular weight is 185 g/mol. The number of hydrogen-bond acceptors (Lipinski definition) is 1. The zero-order chi connectivity index (χ0) is 9.40. The Kier molecular flexibility index (Phi) is 7.06. The minimum atomic E-state index is 0.966. The summed E-state index contributed by atoms with van der Waals surface area (Å²) in [6.45, 7) is 8.44. The zero-order valence-electron chi connectivity index (χ0n) is 8.34. The molecular formula is C10H19NS. The number of allylic oxidation sites excluding steroid dienone is 1. The molecule has 70 valence electrons. The van der Waals surface area contributed by atoms with E-state index in [0.29, 0.717) is 0 Å². The molecule has 0 saturated carbocycles. The second-order valence-corrected chi connectivity index (χ2v) is 3.12. The Hall–Kier alpha value is -0.370. The number of nitrogens with zero attached hydrogens (tertiary/aromatic N) is 1. The maximum Gasteiger partial charge on any atom is 0.101 e. The van der Waals surface area contributed by atoms with E-state index in [1.165, 1.54) is 6.42 Å². The quantitative estimate of drug-likeness (QED) is 0.478. The van der Waals surface area contributed by atoms with Crippen LogP contribution >= 0.6 is 12.2 Å². The van der Waals surface area contributed by atoms with Crippen LogP contribution in [-0.2, 0) is 0 Å². The van der Waals surface area contributed by atoms with Crippen molar-refractivity contribution < 1.29 is 0 Å². The van der Waals surface area contributed by atoms with Gasteiger partial charge in [0.25, 0.3) is 0 Å². The first kappa shape index (κ1) is 11.6. The SMILES string of the molecule is CCCC=CC(=S)N(CC)CC. The second-order valence-electron chi connectivity index (χ2n) is 2.70. The van der Waals surface area contributed by atoms with Crippen LogP contribution in [0.3, 0.4) is 0 Å². The number of thiocarbonyl (C=S) groups is 1. The van der Waals surface area contributed by atoms with Gasteiger partial charge in [-0.2, -0.15) is 0 Å². The highest BCUT2D eigenvalue weighted by atomic mass is 32.1. The monoisotopic (exact) mass is 185 g/mol. The van der Waals surface area contributed by atoms with E-state index in [1.54, 1.807) is 0 Å². The topological polar surface area (TPSA) is 3.24 Å². The molecule has 0 aromatic rings.